The Bertz CT molecular complexity index is 896. The van der Waals surface area contributed by atoms with Crippen molar-refractivity contribution in [3.8, 4) is 11.5 Å². The lowest BCUT2D eigenvalue weighted by Crippen LogP contribution is -2.22. The van der Waals surface area contributed by atoms with E-state index in [-0.39, 0.29) is 24.7 Å². The van der Waals surface area contributed by atoms with Crippen LogP contribution in [0.3, 0.4) is 0 Å². The molecule has 0 saturated carbocycles. The van der Waals surface area contributed by atoms with Gasteiger partial charge in [-0.3, -0.25) is 0 Å². The zero-order valence-electron chi connectivity index (χ0n) is 25.4. The zero-order valence-corrected chi connectivity index (χ0v) is 25.4. The van der Waals surface area contributed by atoms with E-state index in [0.717, 1.165) is 25.9 Å². The Hall–Kier alpha value is -2.20. The van der Waals surface area contributed by atoms with Gasteiger partial charge < -0.3 is 41.3 Å². The maximum atomic E-state index is 10.3. The van der Waals surface area contributed by atoms with Crippen LogP contribution in [-0.4, -0.2) is 56.8 Å². The lowest BCUT2D eigenvalue weighted by molar-refractivity contribution is 0.174. The van der Waals surface area contributed by atoms with E-state index in [1.807, 2.05) is 0 Å². The molecular weight excluding hydrogens is 532 g/mol. The van der Waals surface area contributed by atoms with Crippen molar-refractivity contribution in [2.75, 3.05) is 26.2 Å². The first-order valence-corrected chi connectivity index (χ1v) is 16.1. The van der Waals surface area contributed by atoms with Gasteiger partial charge in [-0.1, -0.05) is 89.2 Å². The van der Waals surface area contributed by atoms with Crippen LogP contribution >= 0.6 is 0 Å². The van der Waals surface area contributed by atoms with Crippen LogP contribution in [-0.2, 0) is 13.2 Å². The number of aliphatic hydroxyl groups is 4. The van der Waals surface area contributed by atoms with Gasteiger partial charge in [0.15, 0.2) is 0 Å². The van der Waals surface area contributed by atoms with Crippen LogP contribution in [0.2, 0.25) is 0 Å². The molecule has 0 bridgehead atoms. The van der Waals surface area contributed by atoms with Gasteiger partial charge in [-0.05, 0) is 61.3 Å². The monoisotopic (exact) mass is 588 g/mol. The van der Waals surface area contributed by atoms with E-state index in [2.05, 4.69) is 10.6 Å². The minimum absolute atomic E-state index is 0.0526. The summed E-state index contributed by atoms with van der Waals surface area (Å²) in [7, 11) is 0. The van der Waals surface area contributed by atoms with Gasteiger partial charge in [-0.2, -0.15) is 0 Å². The van der Waals surface area contributed by atoms with Crippen molar-refractivity contribution in [2.45, 2.75) is 115 Å². The SMILES string of the molecule is OCc1cc(C(O)CNCCCCCCCCCCCCCCCCNCC(O)c2ccc(O)c(CO)c2)ccc1O. The second kappa shape index (κ2) is 22.4. The highest BCUT2D eigenvalue weighted by atomic mass is 16.3. The van der Waals surface area contributed by atoms with E-state index in [4.69, 9.17) is 0 Å². The van der Waals surface area contributed by atoms with Gasteiger partial charge in [0, 0.05) is 24.2 Å². The Balaban J connectivity index is 1.30. The molecule has 8 nitrogen and oxygen atoms in total. The maximum absolute atomic E-state index is 10.3. The molecule has 0 spiro atoms. The topological polar surface area (TPSA) is 145 Å². The third-order valence-corrected chi connectivity index (χ3v) is 7.95. The molecule has 0 amide bonds. The molecule has 42 heavy (non-hydrogen) atoms. The Morgan fingerprint density at radius 3 is 1.10 bits per heavy atom. The lowest BCUT2D eigenvalue weighted by Gasteiger charge is -2.14. The molecule has 8 N–H and O–H groups in total. The predicted molar refractivity (Wildman–Crippen MR) is 168 cm³/mol. The molecule has 0 aliphatic carbocycles. The number of hydrogen-bond donors (Lipinski definition) is 8. The highest BCUT2D eigenvalue weighted by molar-refractivity contribution is 5.37. The van der Waals surface area contributed by atoms with E-state index >= 15 is 0 Å². The van der Waals surface area contributed by atoms with Gasteiger partial charge in [-0.15, -0.1) is 0 Å². The first-order chi connectivity index (χ1) is 20.5. The van der Waals surface area contributed by atoms with Crippen LogP contribution in [0.15, 0.2) is 36.4 Å². The smallest absolute Gasteiger partial charge is 0.121 e. The standard InChI is InChI=1S/C34H56N2O6/c37-25-29-21-27(15-17-31(29)39)33(41)23-35-19-13-11-9-7-5-3-1-2-4-6-8-10-12-14-20-36-24-34(42)28-16-18-32(40)30(22-28)26-38/h15-18,21-22,33-42H,1-14,19-20,23-26H2. The molecule has 0 fully saturated rings. The second-order valence-corrected chi connectivity index (χ2v) is 11.5. The molecule has 0 saturated heterocycles. The van der Waals surface area contributed by atoms with Gasteiger partial charge in [0.05, 0.1) is 25.4 Å². The van der Waals surface area contributed by atoms with Crippen molar-refractivity contribution in [3.05, 3.63) is 58.7 Å². The van der Waals surface area contributed by atoms with Crippen LogP contribution in [0, 0.1) is 0 Å². The summed E-state index contributed by atoms with van der Waals surface area (Å²) in [4.78, 5) is 0. The quantitative estimate of drug-likeness (QED) is 0.0711. The molecule has 0 radical (unpaired) electrons. The van der Waals surface area contributed by atoms with Crippen LogP contribution in [0.1, 0.15) is 124 Å². The number of hydrogen-bond acceptors (Lipinski definition) is 8. The Labute approximate surface area is 252 Å². The summed E-state index contributed by atoms with van der Waals surface area (Å²) < 4.78 is 0. The molecule has 0 aromatic heterocycles. The van der Waals surface area contributed by atoms with Crippen molar-refractivity contribution in [2.24, 2.45) is 0 Å². The number of benzene rings is 2. The average molecular weight is 589 g/mol. The van der Waals surface area contributed by atoms with Gasteiger partial charge in [0.2, 0.25) is 0 Å². The predicted octanol–water partition coefficient (Wildman–Crippen LogP) is 5.49. The molecule has 2 aromatic carbocycles. The van der Waals surface area contributed by atoms with Gasteiger partial charge in [0.25, 0.3) is 0 Å². The summed E-state index contributed by atoms with van der Waals surface area (Å²) in [5.74, 6) is 0.105. The minimum Gasteiger partial charge on any atom is -0.508 e. The van der Waals surface area contributed by atoms with Crippen LogP contribution in [0.25, 0.3) is 0 Å². The third-order valence-electron chi connectivity index (χ3n) is 7.95. The fourth-order valence-corrected chi connectivity index (χ4v) is 5.21. The normalized spacial score (nSPS) is 13.0. The molecule has 2 atom stereocenters. The summed E-state index contributed by atoms with van der Waals surface area (Å²) in [5, 5.41) is 65.0. The molecule has 8 heteroatoms. The lowest BCUT2D eigenvalue weighted by atomic mass is 10.0. The van der Waals surface area contributed by atoms with E-state index in [1.165, 1.54) is 89.2 Å². The number of aliphatic hydroxyl groups excluding tert-OH is 4. The van der Waals surface area contributed by atoms with Crippen LogP contribution in [0.4, 0.5) is 0 Å². The fourth-order valence-electron chi connectivity index (χ4n) is 5.21. The summed E-state index contributed by atoms with van der Waals surface area (Å²) in [6.45, 7) is 2.22. The Morgan fingerprint density at radius 2 is 0.786 bits per heavy atom. The number of rotatable bonds is 25. The number of aromatic hydroxyl groups is 2. The molecule has 2 unspecified atom stereocenters. The van der Waals surface area contributed by atoms with Crippen molar-refractivity contribution in [1.29, 1.82) is 0 Å². The van der Waals surface area contributed by atoms with Crippen molar-refractivity contribution in [3.63, 3.8) is 0 Å². The molecule has 0 aliphatic heterocycles. The first kappa shape index (κ1) is 36.0. The minimum atomic E-state index is -0.647. The van der Waals surface area contributed by atoms with E-state index < -0.39 is 12.2 Å². The van der Waals surface area contributed by atoms with Gasteiger partial charge >= 0.3 is 0 Å². The highest BCUT2D eigenvalue weighted by Crippen LogP contribution is 2.23. The molecule has 238 valence electrons. The molecule has 2 rings (SSSR count). The fraction of sp³-hybridized carbons (Fsp3) is 0.647. The average Bonchev–Trinajstić information content (AvgIpc) is 3.00. The zero-order chi connectivity index (χ0) is 30.4. The third kappa shape index (κ3) is 14.8. The van der Waals surface area contributed by atoms with E-state index in [1.54, 1.807) is 24.3 Å². The van der Waals surface area contributed by atoms with Gasteiger partial charge in [0.1, 0.15) is 11.5 Å². The van der Waals surface area contributed by atoms with Crippen molar-refractivity contribution < 1.29 is 30.6 Å². The Morgan fingerprint density at radius 1 is 0.476 bits per heavy atom. The largest absolute Gasteiger partial charge is 0.508 e. The first-order valence-electron chi connectivity index (χ1n) is 16.1. The van der Waals surface area contributed by atoms with Gasteiger partial charge in [-0.25, -0.2) is 0 Å². The van der Waals surface area contributed by atoms with Crippen molar-refractivity contribution >= 4 is 0 Å². The van der Waals surface area contributed by atoms with E-state index in [9.17, 15) is 30.6 Å². The molecule has 2 aromatic rings. The van der Waals surface area contributed by atoms with Crippen LogP contribution < -0.4 is 10.6 Å². The number of unbranched alkanes of at least 4 members (excludes halogenated alkanes) is 13. The Kier molecular flexibility index (Phi) is 19.2. The number of phenols is 2. The summed E-state index contributed by atoms with van der Waals surface area (Å²) >= 11 is 0. The highest BCUT2D eigenvalue weighted by Gasteiger charge is 2.11. The maximum Gasteiger partial charge on any atom is 0.121 e. The second-order valence-electron chi connectivity index (χ2n) is 11.5. The molecule has 0 heterocycles. The van der Waals surface area contributed by atoms with Crippen molar-refractivity contribution in [1.82, 2.24) is 10.6 Å². The summed E-state index contributed by atoms with van der Waals surface area (Å²) in [5.41, 5.74) is 2.28. The molecule has 0 aliphatic rings. The van der Waals surface area contributed by atoms with Crippen LogP contribution in [0.5, 0.6) is 11.5 Å². The number of nitrogens with one attached hydrogen (secondary N) is 2. The molecular formula is C34H56N2O6. The summed E-state index contributed by atoms with van der Waals surface area (Å²) in [6, 6.07) is 9.71. The summed E-state index contributed by atoms with van der Waals surface area (Å²) in [6.07, 6.45) is 16.4. The van der Waals surface area contributed by atoms with E-state index in [0.29, 0.717) is 35.3 Å².